The number of carbonyl (C=O) groups excluding carboxylic acids is 1. The van der Waals surface area contributed by atoms with Crippen LogP contribution in [0, 0.1) is 11.6 Å². The Hall–Kier alpha value is -3.53. The summed E-state index contributed by atoms with van der Waals surface area (Å²) in [6.45, 7) is 1.53. The van der Waals surface area contributed by atoms with Crippen molar-refractivity contribution in [2.75, 3.05) is 0 Å². The highest BCUT2D eigenvalue weighted by atomic mass is 19.1. The molecule has 0 fully saturated rings. The molecule has 0 spiro atoms. The van der Waals surface area contributed by atoms with Crippen molar-refractivity contribution in [3.8, 4) is 11.3 Å². The maximum Gasteiger partial charge on any atom is 0.161 e. The van der Waals surface area contributed by atoms with Crippen LogP contribution in [-0.2, 0) is 0 Å². The van der Waals surface area contributed by atoms with Crippen LogP contribution in [0.4, 0.5) is 8.78 Å². The molecule has 1 heterocycles. The van der Waals surface area contributed by atoms with Gasteiger partial charge in [-0.2, -0.15) is 0 Å². The van der Waals surface area contributed by atoms with Crippen molar-refractivity contribution in [1.29, 1.82) is 0 Å². The van der Waals surface area contributed by atoms with Gasteiger partial charge in [0, 0.05) is 16.6 Å². The first-order chi connectivity index (χ1) is 13.5. The number of aromatic amines is 1. The molecular formula is C24H17F2NO. The molecule has 138 valence electrons. The zero-order chi connectivity index (χ0) is 19.7. The quantitative estimate of drug-likeness (QED) is 0.322. The summed E-state index contributed by atoms with van der Waals surface area (Å²) >= 11 is 0. The molecule has 3 aromatic carbocycles. The molecule has 0 bridgehead atoms. The number of ketones is 1. The van der Waals surface area contributed by atoms with E-state index in [-0.39, 0.29) is 17.4 Å². The third kappa shape index (κ3) is 3.62. The second kappa shape index (κ2) is 7.24. The summed E-state index contributed by atoms with van der Waals surface area (Å²) in [4.78, 5) is 15.5. The monoisotopic (exact) mass is 373 g/mol. The first-order valence-electron chi connectivity index (χ1n) is 8.87. The van der Waals surface area contributed by atoms with Gasteiger partial charge in [0.1, 0.15) is 11.6 Å². The Morgan fingerprint density at radius 2 is 1.43 bits per heavy atom. The minimum absolute atomic E-state index is 0.0467. The third-order valence-electron chi connectivity index (χ3n) is 4.62. The second-order valence-corrected chi connectivity index (χ2v) is 6.66. The average molecular weight is 373 g/mol. The van der Waals surface area contributed by atoms with E-state index in [1.165, 1.54) is 31.2 Å². The highest BCUT2D eigenvalue weighted by Gasteiger charge is 2.12. The van der Waals surface area contributed by atoms with Crippen molar-refractivity contribution < 1.29 is 13.6 Å². The lowest BCUT2D eigenvalue weighted by Crippen LogP contribution is -1.94. The van der Waals surface area contributed by atoms with Crippen LogP contribution in [0.1, 0.15) is 28.4 Å². The molecular weight excluding hydrogens is 356 g/mol. The van der Waals surface area contributed by atoms with Gasteiger partial charge < -0.3 is 4.98 Å². The SMILES string of the molecule is CC(=O)c1cc(/C=C/c2ccc(F)cc2)cc2cc(-c3ccc(F)cc3)[nH]c12. The number of H-pyrrole nitrogens is 1. The molecule has 4 aromatic rings. The summed E-state index contributed by atoms with van der Waals surface area (Å²) in [6, 6.07) is 18.2. The number of halogens is 2. The zero-order valence-electron chi connectivity index (χ0n) is 15.2. The minimum Gasteiger partial charge on any atom is -0.354 e. The van der Waals surface area contributed by atoms with E-state index in [2.05, 4.69) is 4.98 Å². The van der Waals surface area contributed by atoms with Gasteiger partial charge >= 0.3 is 0 Å². The molecule has 0 aliphatic carbocycles. The maximum atomic E-state index is 13.2. The van der Waals surface area contributed by atoms with Crippen molar-refractivity contribution in [2.24, 2.45) is 0 Å². The Morgan fingerprint density at radius 3 is 2.07 bits per heavy atom. The molecule has 0 radical (unpaired) electrons. The van der Waals surface area contributed by atoms with Gasteiger partial charge in [-0.1, -0.05) is 24.3 Å². The number of carbonyl (C=O) groups is 1. The van der Waals surface area contributed by atoms with E-state index in [1.54, 1.807) is 24.3 Å². The van der Waals surface area contributed by atoms with Crippen LogP contribution in [0.5, 0.6) is 0 Å². The van der Waals surface area contributed by atoms with E-state index >= 15 is 0 Å². The summed E-state index contributed by atoms with van der Waals surface area (Å²) in [5.41, 5.74) is 4.74. The number of Topliss-reactive ketones (excluding diaryl/α,β-unsaturated/α-hetero) is 1. The smallest absolute Gasteiger partial charge is 0.161 e. The van der Waals surface area contributed by atoms with E-state index in [1.807, 2.05) is 30.4 Å². The van der Waals surface area contributed by atoms with Crippen molar-refractivity contribution in [3.05, 3.63) is 95.1 Å². The molecule has 0 saturated heterocycles. The lowest BCUT2D eigenvalue weighted by atomic mass is 10.0. The number of fused-ring (bicyclic) bond motifs is 1. The summed E-state index contributed by atoms with van der Waals surface area (Å²) in [6.07, 6.45) is 3.77. The molecule has 1 N–H and O–H groups in total. The van der Waals surface area contributed by atoms with Gasteiger partial charge in [-0.3, -0.25) is 4.79 Å². The summed E-state index contributed by atoms with van der Waals surface area (Å²) in [7, 11) is 0. The standard InChI is InChI=1S/C24H17F2NO/c1-15(28)22-13-17(3-2-16-4-8-20(25)9-5-16)12-19-14-23(27-24(19)22)18-6-10-21(26)11-7-18/h2-14,27H,1H3/b3-2+. The molecule has 0 amide bonds. The van der Waals surface area contributed by atoms with Gasteiger partial charge in [0.15, 0.2) is 5.78 Å². The van der Waals surface area contributed by atoms with Gasteiger partial charge in [-0.05, 0) is 78.2 Å². The van der Waals surface area contributed by atoms with Gasteiger partial charge in [-0.15, -0.1) is 0 Å². The molecule has 0 aliphatic rings. The van der Waals surface area contributed by atoms with Gasteiger partial charge in [0.2, 0.25) is 0 Å². The molecule has 0 aliphatic heterocycles. The molecule has 0 saturated carbocycles. The maximum absolute atomic E-state index is 13.2. The van der Waals surface area contributed by atoms with E-state index in [0.717, 1.165) is 33.3 Å². The number of rotatable bonds is 4. The van der Waals surface area contributed by atoms with Gasteiger partial charge in [0.05, 0.1) is 5.52 Å². The highest BCUT2D eigenvalue weighted by molar-refractivity contribution is 6.07. The fourth-order valence-corrected chi connectivity index (χ4v) is 3.19. The Balaban J connectivity index is 1.77. The van der Waals surface area contributed by atoms with Crippen LogP contribution in [0.15, 0.2) is 66.7 Å². The number of nitrogens with one attached hydrogen (secondary N) is 1. The summed E-state index contributed by atoms with van der Waals surface area (Å²) in [5.74, 6) is -0.620. The van der Waals surface area contributed by atoms with Gasteiger partial charge in [0.25, 0.3) is 0 Å². The first-order valence-corrected chi connectivity index (χ1v) is 8.87. The Morgan fingerprint density at radius 1 is 0.821 bits per heavy atom. The van der Waals surface area contributed by atoms with E-state index in [9.17, 15) is 13.6 Å². The summed E-state index contributed by atoms with van der Waals surface area (Å²) < 4.78 is 26.2. The highest BCUT2D eigenvalue weighted by Crippen LogP contribution is 2.28. The molecule has 1 aromatic heterocycles. The predicted octanol–water partition coefficient (Wildman–Crippen LogP) is 6.49. The van der Waals surface area contributed by atoms with Crippen molar-refractivity contribution in [1.82, 2.24) is 4.98 Å². The van der Waals surface area contributed by atoms with E-state index < -0.39 is 0 Å². The minimum atomic E-state index is -0.294. The second-order valence-electron chi connectivity index (χ2n) is 6.66. The fraction of sp³-hybridized carbons (Fsp3) is 0.0417. The predicted molar refractivity (Wildman–Crippen MR) is 109 cm³/mol. The van der Waals surface area contributed by atoms with Crippen molar-refractivity contribution >= 4 is 28.8 Å². The van der Waals surface area contributed by atoms with Crippen LogP contribution in [0.2, 0.25) is 0 Å². The van der Waals surface area contributed by atoms with Crippen molar-refractivity contribution in [3.63, 3.8) is 0 Å². The molecule has 4 heteroatoms. The zero-order valence-corrected chi connectivity index (χ0v) is 15.2. The van der Waals surface area contributed by atoms with Crippen LogP contribution in [0.3, 0.4) is 0 Å². The molecule has 0 unspecified atom stereocenters. The third-order valence-corrected chi connectivity index (χ3v) is 4.62. The topological polar surface area (TPSA) is 32.9 Å². The first kappa shape index (κ1) is 17.9. The van der Waals surface area contributed by atoms with Gasteiger partial charge in [-0.25, -0.2) is 8.78 Å². The number of hydrogen-bond acceptors (Lipinski definition) is 1. The normalized spacial score (nSPS) is 11.4. The fourth-order valence-electron chi connectivity index (χ4n) is 3.19. The van der Waals surface area contributed by atoms with Crippen LogP contribution in [0.25, 0.3) is 34.3 Å². The average Bonchev–Trinajstić information content (AvgIpc) is 3.11. The Labute approximate surface area is 161 Å². The van der Waals surface area contributed by atoms with Crippen LogP contribution >= 0.6 is 0 Å². The molecule has 4 rings (SSSR count). The number of aromatic nitrogens is 1. The lowest BCUT2D eigenvalue weighted by molar-refractivity contribution is 0.101. The van der Waals surface area contributed by atoms with E-state index in [4.69, 9.17) is 0 Å². The van der Waals surface area contributed by atoms with Crippen LogP contribution in [-0.4, -0.2) is 10.8 Å². The Kier molecular flexibility index (Phi) is 4.62. The van der Waals surface area contributed by atoms with Crippen LogP contribution < -0.4 is 0 Å². The number of hydrogen-bond donors (Lipinski definition) is 1. The molecule has 0 atom stereocenters. The molecule has 28 heavy (non-hydrogen) atoms. The molecule has 2 nitrogen and oxygen atoms in total. The number of benzene rings is 3. The Bertz CT molecular complexity index is 1190. The lowest BCUT2D eigenvalue weighted by Gasteiger charge is -2.02. The largest absolute Gasteiger partial charge is 0.354 e. The van der Waals surface area contributed by atoms with E-state index in [0.29, 0.717) is 5.56 Å². The summed E-state index contributed by atoms with van der Waals surface area (Å²) in [5, 5.41) is 0.894. The van der Waals surface area contributed by atoms with Crippen molar-refractivity contribution in [2.45, 2.75) is 6.92 Å².